The number of aromatic nitrogens is 1. The van der Waals surface area contributed by atoms with Crippen molar-refractivity contribution in [3.8, 4) is 0 Å². The van der Waals surface area contributed by atoms with Gasteiger partial charge in [-0.25, -0.2) is 0 Å². The van der Waals surface area contributed by atoms with Gasteiger partial charge in [0.15, 0.2) is 0 Å². The highest BCUT2D eigenvalue weighted by Gasteiger charge is 2.24. The van der Waals surface area contributed by atoms with E-state index in [4.69, 9.17) is 0 Å². The van der Waals surface area contributed by atoms with E-state index in [1.807, 2.05) is 26.0 Å². The van der Waals surface area contributed by atoms with Gasteiger partial charge in [-0.1, -0.05) is 43.1 Å². The van der Waals surface area contributed by atoms with Crippen LogP contribution in [-0.4, -0.2) is 10.5 Å². The highest BCUT2D eigenvalue weighted by molar-refractivity contribution is 9.10. The molecular weight excluding hydrogens is 484 g/mol. The molecule has 1 aromatic heterocycles. The summed E-state index contributed by atoms with van der Waals surface area (Å²) in [4.78, 5) is 26.3. The van der Waals surface area contributed by atoms with E-state index in [9.17, 15) is 9.59 Å². The first-order valence-corrected chi connectivity index (χ1v) is 11.4. The predicted molar refractivity (Wildman–Crippen MR) is 124 cm³/mol. The Bertz CT molecular complexity index is 924. The Morgan fingerprint density at radius 1 is 1.07 bits per heavy atom. The third-order valence-electron chi connectivity index (χ3n) is 5.06. The van der Waals surface area contributed by atoms with Crippen molar-refractivity contribution in [1.82, 2.24) is 4.57 Å². The molecule has 4 nitrogen and oxygen atoms in total. The van der Waals surface area contributed by atoms with Crippen LogP contribution in [0.4, 0.5) is 5.69 Å². The van der Waals surface area contributed by atoms with Gasteiger partial charge in [0.1, 0.15) is 5.56 Å². The molecular formula is C22H28Br2N2O2. The number of nitrogens with zero attached hydrogens (tertiary/aromatic N) is 1. The van der Waals surface area contributed by atoms with Gasteiger partial charge in [0.2, 0.25) is 5.43 Å². The maximum atomic E-state index is 13.3. The number of halogens is 2. The lowest BCUT2D eigenvalue weighted by Gasteiger charge is -2.21. The first kappa shape index (κ1) is 22.9. The van der Waals surface area contributed by atoms with Gasteiger partial charge in [-0.15, -0.1) is 0 Å². The van der Waals surface area contributed by atoms with Crippen LogP contribution in [0.5, 0.6) is 0 Å². The van der Waals surface area contributed by atoms with Gasteiger partial charge in [0.25, 0.3) is 5.91 Å². The summed E-state index contributed by atoms with van der Waals surface area (Å²) in [6.45, 7) is 10.8. The zero-order chi connectivity index (χ0) is 21.0. The van der Waals surface area contributed by atoms with Crippen LogP contribution in [0.2, 0.25) is 0 Å². The smallest absolute Gasteiger partial charge is 0.261 e. The predicted octanol–water partition coefficient (Wildman–Crippen LogP) is 6.03. The molecule has 0 saturated carbocycles. The molecule has 152 valence electrons. The van der Waals surface area contributed by atoms with Crippen molar-refractivity contribution in [1.29, 1.82) is 0 Å². The molecule has 1 N–H and O–H groups in total. The number of carbonyl (C=O) groups excluding carboxylic acids is 1. The van der Waals surface area contributed by atoms with Crippen LogP contribution in [0.15, 0.2) is 25.9 Å². The number of amides is 1. The van der Waals surface area contributed by atoms with E-state index < -0.39 is 0 Å². The van der Waals surface area contributed by atoms with Crippen molar-refractivity contribution in [2.24, 2.45) is 0 Å². The number of pyridine rings is 1. The van der Waals surface area contributed by atoms with Crippen molar-refractivity contribution in [2.45, 2.75) is 66.8 Å². The normalized spacial score (nSPS) is 11.0. The Hall–Kier alpha value is -1.40. The van der Waals surface area contributed by atoms with Crippen molar-refractivity contribution in [2.75, 3.05) is 5.32 Å². The first-order valence-electron chi connectivity index (χ1n) is 9.84. The van der Waals surface area contributed by atoms with Gasteiger partial charge < -0.3 is 9.88 Å². The molecule has 0 atom stereocenters. The largest absolute Gasteiger partial charge is 0.347 e. The van der Waals surface area contributed by atoms with Crippen LogP contribution >= 0.6 is 31.9 Å². The monoisotopic (exact) mass is 510 g/mol. The molecule has 1 aromatic carbocycles. The Kier molecular flexibility index (Phi) is 8.07. The van der Waals surface area contributed by atoms with Crippen LogP contribution in [-0.2, 0) is 25.8 Å². The van der Waals surface area contributed by atoms with E-state index in [-0.39, 0.29) is 16.9 Å². The molecule has 6 heteroatoms. The minimum Gasteiger partial charge on any atom is -0.347 e. The van der Waals surface area contributed by atoms with E-state index in [1.54, 1.807) is 0 Å². The fraction of sp³-hybridized carbons (Fsp3) is 0.455. The summed E-state index contributed by atoms with van der Waals surface area (Å²) in [5.74, 6) is -0.330. The average molecular weight is 512 g/mol. The third kappa shape index (κ3) is 4.43. The second-order valence-corrected chi connectivity index (χ2v) is 8.51. The van der Waals surface area contributed by atoms with Gasteiger partial charge in [-0.05, 0) is 72.3 Å². The fourth-order valence-electron chi connectivity index (χ4n) is 3.64. The van der Waals surface area contributed by atoms with Gasteiger partial charge in [-0.2, -0.15) is 0 Å². The lowest BCUT2D eigenvalue weighted by molar-refractivity contribution is 0.102. The molecule has 0 bridgehead atoms. The number of carbonyl (C=O) groups is 1. The molecule has 28 heavy (non-hydrogen) atoms. The highest BCUT2D eigenvalue weighted by Crippen LogP contribution is 2.28. The Labute approximate surface area is 184 Å². The van der Waals surface area contributed by atoms with Crippen LogP contribution in [0.3, 0.4) is 0 Å². The summed E-state index contributed by atoms with van der Waals surface area (Å²) < 4.78 is 3.52. The maximum absolute atomic E-state index is 13.3. The fourth-order valence-corrected chi connectivity index (χ4v) is 4.60. The Morgan fingerprint density at radius 2 is 1.64 bits per heavy atom. The summed E-state index contributed by atoms with van der Waals surface area (Å²) in [6.07, 6.45) is 3.13. The molecule has 0 saturated heterocycles. The topological polar surface area (TPSA) is 51.1 Å². The van der Waals surface area contributed by atoms with Crippen LogP contribution in [0.25, 0.3) is 0 Å². The Balaban J connectivity index is 2.66. The maximum Gasteiger partial charge on any atom is 0.261 e. The number of anilines is 1. The standard InChI is InChI=1S/C22H28Br2N2O2/c1-6-10-17-18(21(27)19(24)13(5)26(17)9-4)22(28)25-20-14(7-2)11-16(23)12-15(20)8-3/h11-12H,6-10H2,1-5H3,(H,25,28). The van der Waals surface area contributed by atoms with E-state index >= 15 is 0 Å². The van der Waals surface area contributed by atoms with Crippen LogP contribution in [0, 0.1) is 6.92 Å². The highest BCUT2D eigenvalue weighted by atomic mass is 79.9. The molecule has 0 spiro atoms. The number of nitrogens with one attached hydrogen (secondary N) is 1. The van der Waals surface area contributed by atoms with Crippen molar-refractivity contribution in [3.05, 3.63) is 59.4 Å². The lowest BCUT2D eigenvalue weighted by Crippen LogP contribution is -2.30. The quantitative estimate of drug-likeness (QED) is 0.493. The van der Waals surface area contributed by atoms with Gasteiger partial charge >= 0.3 is 0 Å². The zero-order valence-electron chi connectivity index (χ0n) is 17.2. The molecule has 0 unspecified atom stereocenters. The van der Waals surface area contributed by atoms with E-state index in [0.29, 0.717) is 17.4 Å². The summed E-state index contributed by atoms with van der Waals surface area (Å²) in [6, 6.07) is 4.05. The molecule has 0 radical (unpaired) electrons. The second-order valence-electron chi connectivity index (χ2n) is 6.80. The van der Waals surface area contributed by atoms with Gasteiger partial charge in [-0.3, -0.25) is 9.59 Å². The number of hydrogen-bond donors (Lipinski definition) is 1. The Morgan fingerprint density at radius 3 is 2.11 bits per heavy atom. The summed E-state index contributed by atoms with van der Waals surface area (Å²) in [5, 5.41) is 3.07. The summed E-state index contributed by atoms with van der Waals surface area (Å²) in [5.41, 5.74) is 4.60. The minimum atomic E-state index is -0.330. The van der Waals surface area contributed by atoms with Gasteiger partial charge in [0, 0.05) is 28.1 Å². The molecule has 2 rings (SSSR count). The molecule has 2 aromatic rings. The van der Waals surface area contributed by atoms with E-state index in [0.717, 1.165) is 51.9 Å². The molecule has 0 aliphatic heterocycles. The van der Waals surface area contributed by atoms with E-state index in [1.165, 1.54) is 0 Å². The van der Waals surface area contributed by atoms with Crippen LogP contribution in [0.1, 0.15) is 67.0 Å². The third-order valence-corrected chi connectivity index (χ3v) is 6.45. The lowest BCUT2D eigenvalue weighted by atomic mass is 10.0. The second kappa shape index (κ2) is 9.88. The van der Waals surface area contributed by atoms with Crippen molar-refractivity contribution >= 4 is 43.5 Å². The van der Waals surface area contributed by atoms with Crippen molar-refractivity contribution < 1.29 is 4.79 Å². The van der Waals surface area contributed by atoms with Gasteiger partial charge in [0.05, 0.1) is 4.47 Å². The van der Waals surface area contributed by atoms with E-state index in [2.05, 4.69) is 62.5 Å². The first-order chi connectivity index (χ1) is 13.3. The SMILES string of the molecule is CCCc1c(C(=O)Nc2c(CC)cc(Br)cc2CC)c(=O)c(Br)c(C)n1CC. The molecule has 0 aliphatic carbocycles. The number of hydrogen-bond acceptors (Lipinski definition) is 2. The molecule has 1 amide bonds. The van der Waals surface area contributed by atoms with Crippen molar-refractivity contribution in [3.63, 3.8) is 0 Å². The molecule has 0 aliphatic rings. The zero-order valence-corrected chi connectivity index (χ0v) is 20.4. The summed E-state index contributed by atoms with van der Waals surface area (Å²) >= 11 is 6.95. The number of benzene rings is 1. The van der Waals surface area contributed by atoms with Crippen LogP contribution < -0.4 is 10.7 Å². The number of aryl methyl sites for hydroxylation is 2. The minimum absolute atomic E-state index is 0.239. The molecule has 1 heterocycles. The number of rotatable bonds is 7. The average Bonchev–Trinajstić information content (AvgIpc) is 2.67. The summed E-state index contributed by atoms with van der Waals surface area (Å²) in [7, 11) is 0. The molecule has 0 fully saturated rings.